The van der Waals surface area contributed by atoms with Crippen molar-refractivity contribution in [2.24, 2.45) is 0 Å². The van der Waals surface area contributed by atoms with Crippen LogP contribution in [0.2, 0.25) is 0 Å². The number of hydrogen-bond acceptors (Lipinski definition) is 7. The van der Waals surface area contributed by atoms with Crippen molar-refractivity contribution in [3.63, 3.8) is 0 Å². The third-order valence-corrected chi connectivity index (χ3v) is 6.97. The first-order valence-electron chi connectivity index (χ1n) is 13.4. The minimum absolute atomic E-state index is 0.138. The van der Waals surface area contributed by atoms with Crippen LogP contribution in [0.3, 0.4) is 0 Å². The Labute approximate surface area is 244 Å². The zero-order valence-electron chi connectivity index (χ0n) is 22.8. The molecule has 0 unspecified atom stereocenters. The Morgan fingerprint density at radius 3 is 2.60 bits per heavy atom. The van der Waals surface area contributed by atoms with Gasteiger partial charge in [-0.3, -0.25) is 19.9 Å². The number of nitrogens with one attached hydrogen (secondary N) is 3. The summed E-state index contributed by atoms with van der Waals surface area (Å²) in [5.74, 6) is 0.309. The van der Waals surface area contributed by atoms with Crippen molar-refractivity contribution in [1.29, 1.82) is 0 Å². The summed E-state index contributed by atoms with van der Waals surface area (Å²) in [6.07, 6.45) is 6.84. The third-order valence-electron chi connectivity index (χ3n) is 6.97. The Hall–Kier alpha value is -5.97. The number of pyridine rings is 3. The van der Waals surface area contributed by atoms with Crippen LogP contribution in [-0.2, 0) is 11.2 Å². The normalized spacial score (nSPS) is 11.2. The van der Waals surface area contributed by atoms with Gasteiger partial charge in [-0.25, -0.2) is 14.4 Å². The number of rotatable bonds is 7. The molecule has 7 rings (SSSR count). The molecule has 10 nitrogen and oxygen atoms in total. The van der Waals surface area contributed by atoms with Gasteiger partial charge in [0.15, 0.2) is 11.5 Å². The number of hydrogen-bond donors (Lipinski definition) is 3. The number of amides is 1. The van der Waals surface area contributed by atoms with E-state index in [2.05, 4.69) is 30.5 Å². The molecule has 0 spiro atoms. The van der Waals surface area contributed by atoms with Crippen molar-refractivity contribution < 1.29 is 13.9 Å². The van der Waals surface area contributed by atoms with E-state index in [-0.39, 0.29) is 12.3 Å². The van der Waals surface area contributed by atoms with Crippen molar-refractivity contribution in [1.82, 2.24) is 35.1 Å². The fraction of sp³-hybridized carbons (Fsp3) is 0.0625. The molecule has 0 aliphatic heterocycles. The minimum Gasteiger partial charge on any atom is -0.497 e. The van der Waals surface area contributed by atoms with E-state index in [1.54, 1.807) is 30.9 Å². The van der Waals surface area contributed by atoms with E-state index >= 15 is 0 Å². The number of fused-ring (bicyclic) bond motifs is 2. The fourth-order valence-corrected chi connectivity index (χ4v) is 4.95. The van der Waals surface area contributed by atoms with Gasteiger partial charge in [0.1, 0.15) is 17.1 Å². The SMILES string of the molecule is COc1cc(F)cc(-c2cncc3[nH]c(-c4n[nH]c5ccc(-c6cncc(NC(=O)Cc7ccccc7)c6)nc45)nc23)c1. The monoisotopic (exact) mass is 570 g/mol. The van der Waals surface area contributed by atoms with Crippen LogP contribution in [0.15, 0.2) is 91.5 Å². The molecule has 7 aromatic rings. The van der Waals surface area contributed by atoms with Gasteiger partial charge < -0.3 is 15.0 Å². The summed E-state index contributed by atoms with van der Waals surface area (Å²) in [7, 11) is 1.49. The largest absolute Gasteiger partial charge is 0.497 e. The van der Waals surface area contributed by atoms with Gasteiger partial charge in [-0.15, -0.1) is 0 Å². The number of aromatic nitrogens is 7. The molecular formula is C32H23FN8O2. The lowest BCUT2D eigenvalue weighted by Crippen LogP contribution is -2.14. The predicted molar refractivity (Wildman–Crippen MR) is 161 cm³/mol. The number of ether oxygens (including phenoxy) is 1. The van der Waals surface area contributed by atoms with Crippen LogP contribution in [-0.4, -0.2) is 48.1 Å². The number of methoxy groups -OCH3 is 1. The van der Waals surface area contributed by atoms with Crippen LogP contribution < -0.4 is 10.1 Å². The molecular weight excluding hydrogens is 547 g/mol. The van der Waals surface area contributed by atoms with Crippen LogP contribution in [0.4, 0.5) is 10.1 Å². The fourth-order valence-electron chi connectivity index (χ4n) is 4.95. The second kappa shape index (κ2) is 10.8. The average Bonchev–Trinajstić information content (AvgIpc) is 3.65. The molecule has 0 saturated carbocycles. The van der Waals surface area contributed by atoms with Gasteiger partial charge in [0.25, 0.3) is 0 Å². The summed E-state index contributed by atoms with van der Waals surface area (Å²) < 4.78 is 19.5. The predicted octanol–water partition coefficient (Wildman–Crippen LogP) is 5.95. The molecule has 0 aliphatic carbocycles. The summed E-state index contributed by atoms with van der Waals surface area (Å²) in [6.45, 7) is 0. The number of nitrogens with zero attached hydrogens (tertiary/aromatic N) is 5. The number of H-pyrrole nitrogens is 2. The van der Waals surface area contributed by atoms with Gasteiger partial charge in [0, 0.05) is 29.6 Å². The molecule has 0 saturated heterocycles. The van der Waals surface area contributed by atoms with Gasteiger partial charge in [0.2, 0.25) is 5.91 Å². The number of benzene rings is 2. The Bertz CT molecular complexity index is 2120. The van der Waals surface area contributed by atoms with Gasteiger partial charge in [-0.05, 0) is 41.5 Å². The number of aromatic amines is 2. The second-order valence-corrected chi connectivity index (χ2v) is 9.89. The molecule has 1 amide bonds. The van der Waals surface area contributed by atoms with Crippen LogP contribution in [0.5, 0.6) is 5.75 Å². The average molecular weight is 571 g/mol. The van der Waals surface area contributed by atoms with Crippen molar-refractivity contribution in [3.8, 4) is 39.7 Å². The first kappa shape index (κ1) is 26.0. The summed E-state index contributed by atoms with van der Waals surface area (Å²) in [4.78, 5) is 34.2. The van der Waals surface area contributed by atoms with E-state index in [1.807, 2.05) is 48.5 Å². The minimum atomic E-state index is -0.425. The Balaban J connectivity index is 1.22. The lowest BCUT2D eigenvalue weighted by molar-refractivity contribution is -0.115. The molecule has 5 aromatic heterocycles. The highest BCUT2D eigenvalue weighted by molar-refractivity contribution is 5.96. The van der Waals surface area contributed by atoms with Crippen molar-refractivity contribution >= 4 is 33.7 Å². The molecule has 0 aliphatic rings. The highest BCUT2D eigenvalue weighted by atomic mass is 19.1. The summed E-state index contributed by atoms with van der Waals surface area (Å²) in [5.41, 5.74) is 7.17. The molecule has 0 bridgehead atoms. The number of carbonyl (C=O) groups excluding carboxylic acids is 1. The standard InChI is InChI=1S/C32H23FN8O2/c1-43-23-12-19(10-21(33)13-23)24-16-35-17-27-29(24)39-32(38-27)31-30-26(40-41-31)8-7-25(37-30)20-11-22(15-34-14-20)36-28(42)9-18-5-3-2-4-6-18/h2-8,10-17H,9H2,1H3,(H,36,42)(H,38,39)(H,40,41). The second-order valence-electron chi connectivity index (χ2n) is 9.89. The molecule has 5 heterocycles. The molecule has 2 aromatic carbocycles. The summed E-state index contributed by atoms with van der Waals surface area (Å²) >= 11 is 0. The topological polar surface area (TPSA) is 134 Å². The zero-order chi connectivity index (χ0) is 29.3. The maximum atomic E-state index is 14.3. The van der Waals surface area contributed by atoms with E-state index < -0.39 is 5.82 Å². The van der Waals surface area contributed by atoms with Crippen LogP contribution in [0.25, 0.3) is 56.0 Å². The van der Waals surface area contributed by atoms with Crippen LogP contribution in [0, 0.1) is 5.82 Å². The number of anilines is 1. The van der Waals surface area contributed by atoms with E-state index in [9.17, 15) is 9.18 Å². The van der Waals surface area contributed by atoms with Crippen molar-refractivity contribution in [2.75, 3.05) is 12.4 Å². The lowest BCUT2D eigenvalue weighted by atomic mass is 10.1. The molecule has 0 fully saturated rings. The highest BCUT2D eigenvalue weighted by Crippen LogP contribution is 2.33. The van der Waals surface area contributed by atoms with E-state index in [0.717, 1.165) is 11.1 Å². The first-order chi connectivity index (χ1) is 21.0. The molecule has 43 heavy (non-hydrogen) atoms. The highest BCUT2D eigenvalue weighted by Gasteiger charge is 2.18. The van der Waals surface area contributed by atoms with Gasteiger partial charge in [-0.1, -0.05) is 30.3 Å². The smallest absolute Gasteiger partial charge is 0.228 e. The van der Waals surface area contributed by atoms with Crippen molar-refractivity contribution in [3.05, 3.63) is 103 Å². The molecule has 0 radical (unpaired) electrons. The van der Waals surface area contributed by atoms with Gasteiger partial charge in [-0.2, -0.15) is 5.10 Å². The molecule has 210 valence electrons. The van der Waals surface area contributed by atoms with Crippen LogP contribution >= 0.6 is 0 Å². The lowest BCUT2D eigenvalue weighted by Gasteiger charge is -2.07. The maximum absolute atomic E-state index is 14.3. The van der Waals surface area contributed by atoms with E-state index in [1.165, 1.54) is 19.2 Å². The van der Waals surface area contributed by atoms with E-state index in [4.69, 9.17) is 14.7 Å². The number of carbonyl (C=O) groups is 1. The van der Waals surface area contributed by atoms with E-state index in [0.29, 0.717) is 61.8 Å². The first-order valence-corrected chi connectivity index (χ1v) is 13.4. The quantitative estimate of drug-likeness (QED) is 0.215. The van der Waals surface area contributed by atoms with Crippen molar-refractivity contribution in [2.45, 2.75) is 6.42 Å². The van der Waals surface area contributed by atoms with Crippen LogP contribution in [0.1, 0.15) is 5.56 Å². The molecule has 0 atom stereocenters. The maximum Gasteiger partial charge on any atom is 0.228 e. The summed E-state index contributed by atoms with van der Waals surface area (Å²) in [6, 6.07) is 19.6. The third kappa shape index (κ3) is 5.15. The summed E-state index contributed by atoms with van der Waals surface area (Å²) in [5, 5.41) is 10.4. The Kier molecular flexibility index (Phi) is 6.51. The Morgan fingerprint density at radius 1 is 0.884 bits per heavy atom. The molecule has 11 heteroatoms. The molecule has 3 N–H and O–H groups in total. The van der Waals surface area contributed by atoms with Gasteiger partial charge in [0.05, 0.1) is 53.9 Å². The Morgan fingerprint density at radius 2 is 1.74 bits per heavy atom. The van der Waals surface area contributed by atoms with Gasteiger partial charge >= 0.3 is 0 Å². The number of imidazole rings is 1. The number of halogens is 1. The zero-order valence-corrected chi connectivity index (χ0v) is 22.8.